The van der Waals surface area contributed by atoms with E-state index >= 15 is 0 Å². The third-order valence-electron chi connectivity index (χ3n) is 3.14. The lowest BCUT2D eigenvalue weighted by atomic mass is 9.93. The molecule has 0 spiro atoms. The third-order valence-corrected chi connectivity index (χ3v) is 4.10. The van der Waals surface area contributed by atoms with Crippen LogP contribution in [0.3, 0.4) is 0 Å². The van der Waals surface area contributed by atoms with Crippen LogP contribution >= 0.6 is 0 Å². The van der Waals surface area contributed by atoms with Gasteiger partial charge in [0.2, 0.25) is 0 Å². The van der Waals surface area contributed by atoms with Gasteiger partial charge in [-0.25, -0.2) is 0 Å². The van der Waals surface area contributed by atoms with Crippen molar-refractivity contribution >= 4 is 10.1 Å². The summed E-state index contributed by atoms with van der Waals surface area (Å²) in [7, 11) is -5.62. The first-order valence-electron chi connectivity index (χ1n) is 6.23. The molecule has 0 radical (unpaired) electrons. The van der Waals surface area contributed by atoms with Gasteiger partial charge in [0.1, 0.15) is 5.75 Å². The maximum atomic E-state index is 12.3. The van der Waals surface area contributed by atoms with E-state index in [4.69, 9.17) is 0 Å². The summed E-state index contributed by atoms with van der Waals surface area (Å²) in [6.45, 7) is 5.55. The summed E-state index contributed by atoms with van der Waals surface area (Å²) in [5.41, 5.74) is -4.10. The number of rotatable bonds is 5. The number of halogens is 3. The van der Waals surface area contributed by atoms with Crippen LogP contribution in [-0.2, 0) is 10.1 Å². The Kier molecular flexibility index (Phi) is 5.07. The van der Waals surface area contributed by atoms with Gasteiger partial charge in [-0.3, -0.25) is 0 Å². The molecule has 0 N–H and O–H groups in total. The van der Waals surface area contributed by atoms with E-state index in [-0.39, 0.29) is 5.75 Å². The van der Waals surface area contributed by atoms with E-state index in [0.717, 1.165) is 18.4 Å². The number of alkyl halides is 3. The second kappa shape index (κ2) is 6.03. The van der Waals surface area contributed by atoms with Crippen molar-refractivity contribution in [3.8, 4) is 5.75 Å². The lowest BCUT2D eigenvalue weighted by Gasteiger charge is -2.16. The molecule has 1 aromatic carbocycles. The minimum absolute atomic E-state index is 0.293. The summed E-state index contributed by atoms with van der Waals surface area (Å²) in [5.74, 6) is -0.000922. The van der Waals surface area contributed by atoms with Gasteiger partial charge in [0.05, 0.1) is 0 Å². The van der Waals surface area contributed by atoms with Crippen LogP contribution in [0, 0.1) is 6.92 Å². The van der Waals surface area contributed by atoms with E-state index in [1.165, 1.54) is 13.0 Å². The number of hydrogen-bond donors (Lipinski definition) is 0. The normalized spacial score (nSPS) is 12.8. The standard InChI is InChI=1S/C13H17F3O3S/c1-4-10(5-2)11-6-7-12(9(3)8-11)19-20(17,18)13(14,15)16/h6-8,10H,4-5H2,1-3H3. The van der Waals surface area contributed by atoms with Crippen LogP contribution in [0.1, 0.15) is 43.7 Å². The first-order valence-corrected chi connectivity index (χ1v) is 7.64. The Morgan fingerprint density at radius 1 is 1.20 bits per heavy atom. The molecule has 1 aromatic rings. The third kappa shape index (κ3) is 3.65. The van der Waals surface area contributed by atoms with Crippen molar-refractivity contribution in [3.63, 3.8) is 0 Å². The zero-order chi connectivity index (χ0) is 15.6. The van der Waals surface area contributed by atoms with Crippen molar-refractivity contribution in [2.75, 3.05) is 0 Å². The van der Waals surface area contributed by atoms with E-state index in [1.54, 1.807) is 12.1 Å². The van der Waals surface area contributed by atoms with Gasteiger partial charge in [0, 0.05) is 0 Å². The van der Waals surface area contributed by atoms with Gasteiger partial charge in [-0.05, 0) is 42.9 Å². The molecule has 1 rings (SSSR count). The van der Waals surface area contributed by atoms with Gasteiger partial charge in [0.15, 0.2) is 0 Å². The Hall–Kier alpha value is -1.24. The van der Waals surface area contributed by atoms with E-state index in [1.807, 2.05) is 13.8 Å². The predicted molar refractivity (Wildman–Crippen MR) is 70.1 cm³/mol. The molecule has 0 aromatic heterocycles. The minimum atomic E-state index is -5.62. The lowest BCUT2D eigenvalue weighted by Crippen LogP contribution is -2.28. The smallest absolute Gasteiger partial charge is 0.376 e. The van der Waals surface area contributed by atoms with E-state index in [0.29, 0.717) is 11.5 Å². The van der Waals surface area contributed by atoms with Gasteiger partial charge >= 0.3 is 15.6 Å². The highest BCUT2D eigenvalue weighted by Gasteiger charge is 2.48. The molecule has 0 unspecified atom stereocenters. The van der Waals surface area contributed by atoms with Crippen molar-refractivity contribution in [2.24, 2.45) is 0 Å². The first kappa shape index (κ1) is 16.8. The second-order valence-corrected chi connectivity index (χ2v) is 6.06. The van der Waals surface area contributed by atoms with E-state index in [2.05, 4.69) is 4.18 Å². The maximum Gasteiger partial charge on any atom is 0.534 e. The van der Waals surface area contributed by atoms with Gasteiger partial charge in [0.25, 0.3) is 0 Å². The fraction of sp³-hybridized carbons (Fsp3) is 0.538. The lowest BCUT2D eigenvalue weighted by molar-refractivity contribution is -0.0500. The highest BCUT2D eigenvalue weighted by molar-refractivity contribution is 7.88. The maximum absolute atomic E-state index is 12.3. The van der Waals surface area contributed by atoms with Crippen LogP contribution in [0.25, 0.3) is 0 Å². The summed E-state index contributed by atoms with van der Waals surface area (Å²) in [6, 6.07) is 4.54. The summed E-state index contributed by atoms with van der Waals surface area (Å²) >= 11 is 0. The molecule has 0 saturated carbocycles. The molecule has 0 heterocycles. The fourth-order valence-corrected chi connectivity index (χ4v) is 2.46. The molecule has 7 heteroatoms. The molecule has 0 aliphatic heterocycles. The Morgan fingerprint density at radius 2 is 1.75 bits per heavy atom. The Labute approximate surface area is 116 Å². The van der Waals surface area contributed by atoms with E-state index < -0.39 is 15.6 Å². The summed E-state index contributed by atoms with van der Waals surface area (Å²) in [5, 5.41) is 0. The molecule has 114 valence electrons. The summed E-state index contributed by atoms with van der Waals surface area (Å²) in [4.78, 5) is 0. The predicted octanol–water partition coefficient (Wildman–Crippen LogP) is 4.13. The van der Waals surface area contributed by atoms with Crippen LogP contribution in [0.2, 0.25) is 0 Å². The highest BCUT2D eigenvalue weighted by Crippen LogP contribution is 2.31. The van der Waals surface area contributed by atoms with Gasteiger partial charge in [-0.2, -0.15) is 21.6 Å². The van der Waals surface area contributed by atoms with Gasteiger partial charge in [-0.1, -0.05) is 26.0 Å². The average molecular weight is 310 g/mol. The molecule has 0 amide bonds. The quantitative estimate of drug-likeness (QED) is 0.607. The molecule has 0 saturated heterocycles. The van der Waals surface area contributed by atoms with Crippen LogP contribution in [0.5, 0.6) is 5.75 Å². The van der Waals surface area contributed by atoms with Crippen LogP contribution in [0.4, 0.5) is 13.2 Å². The topological polar surface area (TPSA) is 43.4 Å². The SMILES string of the molecule is CCC(CC)c1ccc(OS(=O)(=O)C(F)(F)F)c(C)c1. The molecule has 0 aliphatic rings. The average Bonchev–Trinajstić information content (AvgIpc) is 2.32. The molecule has 20 heavy (non-hydrogen) atoms. The Morgan fingerprint density at radius 3 is 2.15 bits per heavy atom. The zero-order valence-electron chi connectivity index (χ0n) is 11.5. The number of aryl methyl sites for hydroxylation is 1. The molecule has 0 bridgehead atoms. The van der Waals surface area contributed by atoms with Crippen LogP contribution < -0.4 is 4.18 Å². The summed E-state index contributed by atoms with van der Waals surface area (Å²) < 4.78 is 62.8. The van der Waals surface area contributed by atoms with Crippen molar-refractivity contribution in [3.05, 3.63) is 29.3 Å². The van der Waals surface area contributed by atoms with Gasteiger partial charge in [-0.15, -0.1) is 0 Å². The van der Waals surface area contributed by atoms with Crippen molar-refractivity contribution in [1.82, 2.24) is 0 Å². The van der Waals surface area contributed by atoms with Crippen LogP contribution in [-0.4, -0.2) is 13.9 Å². The summed E-state index contributed by atoms with van der Waals surface area (Å²) in [6.07, 6.45) is 1.80. The zero-order valence-corrected chi connectivity index (χ0v) is 12.3. The molecular formula is C13H17F3O3S. The largest absolute Gasteiger partial charge is 0.534 e. The first-order chi connectivity index (χ1) is 9.12. The second-order valence-electron chi connectivity index (χ2n) is 4.52. The molecule has 3 nitrogen and oxygen atoms in total. The van der Waals surface area contributed by atoms with Crippen molar-refractivity contribution in [2.45, 2.75) is 45.0 Å². The van der Waals surface area contributed by atoms with Gasteiger partial charge < -0.3 is 4.18 Å². The fourth-order valence-electron chi connectivity index (χ4n) is 1.95. The highest BCUT2D eigenvalue weighted by atomic mass is 32.2. The Balaban J connectivity index is 3.07. The minimum Gasteiger partial charge on any atom is -0.376 e. The molecule has 0 aliphatic carbocycles. The number of hydrogen-bond acceptors (Lipinski definition) is 3. The molecule has 0 atom stereocenters. The number of benzene rings is 1. The monoisotopic (exact) mass is 310 g/mol. The van der Waals surface area contributed by atoms with E-state index in [9.17, 15) is 21.6 Å². The van der Waals surface area contributed by atoms with Crippen molar-refractivity contribution in [1.29, 1.82) is 0 Å². The van der Waals surface area contributed by atoms with Crippen LogP contribution in [0.15, 0.2) is 18.2 Å². The Bertz CT molecular complexity index is 561. The molecule has 0 fully saturated rings. The van der Waals surface area contributed by atoms with Crippen molar-refractivity contribution < 1.29 is 25.8 Å². The molecular weight excluding hydrogens is 293 g/mol.